The largest absolute Gasteiger partial charge is 0.444 e. The topological polar surface area (TPSA) is 99.1 Å². The minimum Gasteiger partial charge on any atom is -0.444 e. The normalized spacial score (nSPS) is 21.4. The summed E-state index contributed by atoms with van der Waals surface area (Å²) in [6, 6.07) is 3.74. The van der Waals surface area contributed by atoms with Gasteiger partial charge in [-0.1, -0.05) is 12.1 Å². The molecule has 0 bridgehead atoms. The Balaban J connectivity index is 2.10. The van der Waals surface area contributed by atoms with E-state index < -0.39 is 41.6 Å². The lowest BCUT2D eigenvalue weighted by Gasteiger charge is -2.28. The Morgan fingerprint density at radius 1 is 1.35 bits per heavy atom. The Labute approximate surface area is 151 Å². The predicted molar refractivity (Wildman–Crippen MR) is 91.7 cm³/mol. The van der Waals surface area contributed by atoms with Crippen LogP contribution in [0.2, 0.25) is 0 Å². The highest BCUT2D eigenvalue weighted by atomic mass is 19.1. The zero-order chi connectivity index (χ0) is 19.5. The van der Waals surface area contributed by atoms with Gasteiger partial charge in [-0.15, -0.1) is 0 Å². The van der Waals surface area contributed by atoms with Gasteiger partial charge in [0.1, 0.15) is 17.5 Å². The van der Waals surface area contributed by atoms with Gasteiger partial charge in [0, 0.05) is 6.42 Å². The van der Waals surface area contributed by atoms with E-state index in [0.717, 1.165) is 0 Å². The molecule has 8 heteroatoms. The van der Waals surface area contributed by atoms with Crippen LogP contribution in [0.25, 0.3) is 0 Å². The van der Waals surface area contributed by atoms with Crippen LogP contribution in [0.5, 0.6) is 0 Å². The molecule has 2 amide bonds. The first kappa shape index (κ1) is 20.1. The van der Waals surface area contributed by atoms with Crippen molar-refractivity contribution in [3.8, 4) is 0 Å². The van der Waals surface area contributed by atoms with Crippen molar-refractivity contribution in [3.63, 3.8) is 0 Å². The molecular weight excluding hydrogens is 343 g/mol. The van der Waals surface area contributed by atoms with E-state index in [1.807, 2.05) is 0 Å². The molecule has 1 fully saturated rings. The second kappa shape index (κ2) is 8.01. The fourth-order valence-corrected chi connectivity index (χ4v) is 2.78. The van der Waals surface area contributed by atoms with Gasteiger partial charge in [-0.2, -0.15) is 0 Å². The third kappa shape index (κ3) is 5.15. The standard InChI is InChI=1S/C18H25FN2O5/c1-18(2,3)26-17(25)21-9-13(23)8-15(21)16(24)20-14(10-22)11-4-6-12(19)7-5-11/h4-7,13-15,22-23H,8-10H2,1-3H3,(H,20,24)/t13-,14+,15+/m1/s1. The second-order valence-corrected chi connectivity index (χ2v) is 7.33. The molecule has 26 heavy (non-hydrogen) atoms. The quantitative estimate of drug-likeness (QED) is 0.745. The minimum absolute atomic E-state index is 0.00661. The van der Waals surface area contributed by atoms with Crippen LogP contribution in [0.1, 0.15) is 38.8 Å². The Morgan fingerprint density at radius 3 is 2.50 bits per heavy atom. The highest BCUT2D eigenvalue weighted by Crippen LogP contribution is 2.23. The molecule has 1 heterocycles. The van der Waals surface area contributed by atoms with Crippen LogP contribution >= 0.6 is 0 Å². The van der Waals surface area contributed by atoms with Crippen molar-refractivity contribution < 1.29 is 28.9 Å². The lowest BCUT2D eigenvalue weighted by atomic mass is 10.1. The molecule has 0 unspecified atom stereocenters. The molecule has 144 valence electrons. The molecule has 1 aromatic carbocycles. The predicted octanol–water partition coefficient (Wildman–Crippen LogP) is 1.35. The number of nitrogens with one attached hydrogen (secondary N) is 1. The van der Waals surface area contributed by atoms with Gasteiger partial charge < -0.3 is 20.3 Å². The van der Waals surface area contributed by atoms with Gasteiger partial charge in [0.15, 0.2) is 0 Å². The van der Waals surface area contributed by atoms with Crippen LogP contribution in [0, 0.1) is 5.82 Å². The Kier molecular flexibility index (Phi) is 6.20. The molecule has 0 aromatic heterocycles. The van der Waals surface area contributed by atoms with Gasteiger partial charge in [-0.25, -0.2) is 9.18 Å². The minimum atomic E-state index is -0.908. The summed E-state index contributed by atoms with van der Waals surface area (Å²) in [7, 11) is 0. The molecule has 0 spiro atoms. The summed E-state index contributed by atoms with van der Waals surface area (Å²) in [5.74, 6) is -0.942. The van der Waals surface area contributed by atoms with Gasteiger partial charge in [-0.3, -0.25) is 9.69 Å². The van der Waals surface area contributed by atoms with Gasteiger partial charge in [-0.05, 0) is 38.5 Å². The molecule has 0 radical (unpaired) electrons. The van der Waals surface area contributed by atoms with E-state index in [2.05, 4.69) is 5.32 Å². The number of carbonyl (C=O) groups is 2. The smallest absolute Gasteiger partial charge is 0.411 e. The molecule has 7 nitrogen and oxygen atoms in total. The molecule has 1 saturated heterocycles. The second-order valence-electron chi connectivity index (χ2n) is 7.33. The first-order valence-electron chi connectivity index (χ1n) is 8.45. The lowest BCUT2D eigenvalue weighted by molar-refractivity contribution is -0.126. The summed E-state index contributed by atoms with van der Waals surface area (Å²) < 4.78 is 18.3. The van der Waals surface area contributed by atoms with E-state index in [1.54, 1.807) is 20.8 Å². The van der Waals surface area contributed by atoms with Crippen molar-refractivity contribution in [2.75, 3.05) is 13.2 Å². The zero-order valence-corrected chi connectivity index (χ0v) is 15.1. The highest BCUT2D eigenvalue weighted by Gasteiger charge is 2.41. The number of amides is 2. The molecule has 1 aliphatic rings. The van der Waals surface area contributed by atoms with Crippen molar-refractivity contribution >= 4 is 12.0 Å². The van der Waals surface area contributed by atoms with Gasteiger partial charge in [0.2, 0.25) is 5.91 Å². The first-order chi connectivity index (χ1) is 12.1. The average Bonchev–Trinajstić information content (AvgIpc) is 2.94. The Morgan fingerprint density at radius 2 is 1.96 bits per heavy atom. The zero-order valence-electron chi connectivity index (χ0n) is 15.1. The molecule has 0 saturated carbocycles. The maximum atomic E-state index is 13.0. The maximum absolute atomic E-state index is 13.0. The van der Waals surface area contributed by atoms with Gasteiger partial charge >= 0.3 is 6.09 Å². The number of aliphatic hydroxyl groups excluding tert-OH is 2. The molecule has 0 aliphatic carbocycles. The van der Waals surface area contributed by atoms with E-state index >= 15 is 0 Å². The maximum Gasteiger partial charge on any atom is 0.411 e. The summed E-state index contributed by atoms with van der Waals surface area (Å²) >= 11 is 0. The number of rotatable bonds is 4. The van der Waals surface area contributed by atoms with E-state index in [0.29, 0.717) is 5.56 Å². The number of hydrogen-bond acceptors (Lipinski definition) is 5. The van der Waals surface area contributed by atoms with Crippen LogP contribution < -0.4 is 5.32 Å². The monoisotopic (exact) mass is 368 g/mol. The van der Waals surface area contributed by atoms with Crippen molar-refractivity contribution in [3.05, 3.63) is 35.6 Å². The number of nitrogens with zero attached hydrogens (tertiary/aromatic N) is 1. The average molecular weight is 368 g/mol. The van der Waals surface area contributed by atoms with Crippen LogP contribution in [-0.2, 0) is 9.53 Å². The van der Waals surface area contributed by atoms with Gasteiger partial charge in [0.05, 0.1) is 25.3 Å². The molecular formula is C18H25FN2O5. The Bertz CT molecular complexity index is 644. The van der Waals surface area contributed by atoms with E-state index in [1.165, 1.54) is 29.2 Å². The van der Waals surface area contributed by atoms with Crippen LogP contribution in [0.4, 0.5) is 9.18 Å². The van der Waals surface area contributed by atoms with Crippen molar-refractivity contribution in [1.29, 1.82) is 0 Å². The summed E-state index contributed by atoms with van der Waals surface area (Å²) in [4.78, 5) is 26.1. The number of halogens is 1. The van der Waals surface area contributed by atoms with E-state index in [-0.39, 0.29) is 19.6 Å². The van der Waals surface area contributed by atoms with Crippen molar-refractivity contribution in [2.24, 2.45) is 0 Å². The SMILES string of the molecule is CC(C)(C)OC(=O)N1C[C@H](O)C[C@H]1C(=O)N[C@@H](CO)c1ccc(F)cc1. The fourth-order valence-electron chi connectivity index (χ4n) is 2.78. The third-order valence-electron chi connectivity index (χ3n) is 3.98. The van der Waals surface area contributed by atoms with Crippen LogP contribution in [-0.4, -0.2) is 58.0 Å². The number of likely N-dealkylation sites (tertiary alicyclic amines) is 1. The van der Waals surface area contributed by atoms with E-state index in [4.69, 9.17) is 4.74 Å². The molecule has 3 atom stereocenters. The number of β-amino-alcohol motifs (C(OH)–C–C–N with tert-alkyl or cyclic N) is 1. The molecule has 3 N–H and O–H groups in total. The number of ether oxygens (including phenoxy) is 1. The van der Waals surface area contributed by atoms with Gasteiger partial charge in [0.25, 0.3) is 0 Å². The number of benzene rings is 1. The number of aliphatic hydroxyl groups is 2. The lowest BCUT2D eigenvalue weighted by Crippen LogP contribution is -2.48. The summed E-state index contributed by atoms with van der Waals surface area (Å²) in [5, 5.41) is 22.1. The molecule has 2 rings (SSSR count). The summed E-state index contributed by atoms with van der Waals surface area (Å²) in [6.07, 6.45) is -1.44. The van der Waals surface area contributed by atoms with Crippen molar-refractivity contribution in [1.82, 2.24) is 10.2 Å². The number of carbonyl (C=O) groups excluding carboxylic acids is 2. The molecule has 1 aromatic rings. The third-order valence-corrected chi connectivity index (χ3v) is 3.98. The van der Waals surface area contributed by atoms with E-state index in [9.17, 15) is 24.2 Å². The number of hydrogen-bond donors (Lipinski definition) is 3. The Hall–Kier alpha value is -2.19. The van der Waals surface area contributed by atoms with Crippen molar-refractivity contribution in [2.45, 2.75) is 51.0 Å². The first-order valence-corrected chi connectivity index (χ1v) is 8.45. The van der Waals surface area contributed by atoms with Crippen LogP contribution in [0.3, 0.4) is 0 Å². The fraction of sp³-hybridized carbons (Fsp3) is 0.556. The summed E-state index contributed by atoms with van der Waals surface area (Å²) in [5.41, 5.74) is -0.197. The molecule has 1 aliphatic heterocycles. The summed E-state index contributed by atoms with van der Waals surface area (Å²) in [6.45, 7) is 4.74. The van der Waals surface area contributed by atoms with Crippen LogP contribution in [0.15, 0.2) is 24.3 Å². The highest BCUT2D eigenvalue weighted by molar-refractivity contribution is 5.86.